The molecule has 5 nitrogen and oxygen atoms in total. The van der Waals surface area contributed by atoms with E-state index in [4.69, 9.17) is 5.73 Å². The van der Waals surface area contributed by atoms with E-state index in [1.807, 2.05) is 0 Å². The summed E-state index contributed by atoms with van der Waals surface area (Å²) >= 11 is 0. The second-order valence-electron chi connectivity index (χ2n) is 1.89. The van der Waals surface area contributed by atoms with Gasteiger partial charge in [0.1, 0.15) is 5.71 Å². The van der Waals surface area contributed by atoms with Gasteiger partial charge in [-0.2, -0.15) is 0 Å². The summed E-state index contributed by atoms with van der Waals surface area (Å²) in [5.41, 5.74) is 5.31. The first-order valence-corrected chi connectivity index (χ1v) is 3.31. The first kappa shape index (κ1) is 10.3. The Labute approximate surface area is 70.3 Å². The fourth-order valence-corrected chi connectivity index (χ4v) is 0.608. The van der Waals surface area contributed by atoms with Gasteiger partial charge in [0, 0.05) is 7.05 Å². The fraction of sp³-hybridized carbons (Fsp3) is 0.286. The van der Waals surface area contributed by atoms with Crippen LogP contribution in [0.2, 0.25) is 0 Å². The zero-order valence-electron chi connectivity index (χ0n) is 6.78. The number of rotatable bonds is 5. The highest BCUT2D eigenvalue weighted by Gasteiger charge is 2.05. The molecule has 0 aliphatic rings. The molecule has 0 aliphatic carbocycles. The Bertz CT molecular complexity index is 221. The summed E-state index contributed by atoms with van der Waals surface area (Å²) in [4.78, 5) is 24.6. The normalized spacial score (nSPS) is 11.6. The number of hydrogen-bond donors (Lipinski definition) is 2. The van der Waals surface area contributed by atoms with Gasteiger partial charge in [0.15, 0.2) is 5.78 Å². The number of hydrogen-bond acceptors (Lipinski definition) is 4. The van der Waals surface area contributed by atoms with Crippen LogP contribution in [0.15, 0.2) is 17.3 Å². The van der Waals surface area contributed by atoms with Crippen molar-refractivity contribution in [1.29, 1.82) is 0 Å². The quantitative estimate of drug-likeness (QED) is 0.402. The average Bonchev–Trinajstić information content (AvgIpc) is 2.10. The molecule has 1 amide bonds. The topological polar surface area (TPSA) is 84.5 Å². The monoisotopic (exact) mass is 169 g/mol. The summed E-state index contributed by atoms with van der Waals surface area (Å²) in [5.74, 6) is -0.272. The number of carbonyl (C=O) groups is 2. The summed E-state index contributed by atoms with van der Waals surface area (Å²) in [6, 6.07) is 0. The number of allylic oxidation sites excluding steroid dienone is 1. The number of aliphatic imine (C=N–C) groups is 1. The minimum atomic E-state index is -0.272. The maximum absolute atomic E-state index is 11.1. The van der Waals surface area contributed by atoms with E-state index in [0.717, 1.165) is 0 Å². The molecule has 0 bridgehead atoms. The van der Waals surface area contributed by atoms with E-state index in [1.165, 1.54) is 19.3 Å². The highest BCUT2D eigenvalue weighted by Crippen LogP contribution is 1.81. The lowest BCUT2D eigenvalue weighted by Gasteiger charge is -1.97. The van der Waals surface area contributed by atoms with Gasteiger partial charge in [-0.05, 0) is 12.3 Å². The van der Waals surface area contributed by atoms with Crippen molar-refractivity contribution in [1.82, 2.24) is 5.32 Å². The van der Waals surface area contributed by atoms with Gasteiger partial charge >= 0.3 is 0 Å². The molecule has 5 heteroatoms. The van der Waals surface area contributed by atoms with Crippen LogP contribution in [0.1, 0.15) is 0 Å². The minimum absolute atomic E-state index is 0.0550. The Kier molecular flexibility index (Phi) is 5.25. The maximum atomic E-state index is 11.1. The van der Waals surface area contributed by atoms with Crippen molar-refractivity contribution in [2.75, 3.05) is 13.6 Å². The third kappa shape index (κ3) is 3.50. The Balaban J connectivity index is 4.14. The van der Waals surface area contributed by atoms with Crippen LogP contribution in [0.25, 0.3) is 0 Å². The zero-order valence-corrected chi connectivity index (χ0v) is 6.78. The lowest BCUT2D eigenvalue weighted by atomic mass is 10.2. The third-order valence-corrected chi connectivity index (χ3v) is 1.13. The van der Waals surface area contributed by atoms with Crippen LogP contribution in [0.5, 0.6) is 0 Å². The minimum Gasteiger partial charge on any atom is -0.405 e. The molecule has 0 aromatic carbocycles. The highest BCUT2D eigenvalue weighted by atomic mass is 16.1. The first-order chi connectivity index (χ1) is 5.76. The van der Waals surface area contributed by atoms with Crippen LogP contribution in [-0.4, -0.2) is 31.5 Å². The van der Waals surface area contributed by atoms with Crippen molar-refractivity contribution in [2.24, 2.45) is 10.7 Å². The number of carbonyl (C=O) groups excluding carboxylic acids is 2. The van der Waals surface area contributed by atoms with Crippen molar-refractivity contribution < 1.29 is 9.59 Å². The molecule has 0 unspecified atom stereocenters. The second-order valence-corrected chi connectivity index (χ2v) is 1.89. The molecule has 66 valence electrons. The van der Waals surface area contributed by atoms with E-state index in [-0.39, 0.29) is 18.0 Å². The van der Waals surface area contributed by atoms with Crippen LogP contribution in [0, 0.1) is 0 Å². The lowest BCUT2D eigenvalue weighted by Crippen LogP contribution is -2.26. The third-order valence-electron chi connectivity index (χ3n) is 1.13. The molecule has 12 heavy (non-hydrogen) atoms. The lowest BCUT2D eigenvalue weighted by molar-refractivity contribution is -0.115. The van der Waals surface area contributed by atoms with E-state index in [9.17, 15) is 9.59 Å². The van der Waals surface area contributed by atoms with E-state index >= 15 is 0 Å². The maximum Gasteiger partial charge on any atom is 0.207 e. The number of ketones is 1. The Hall–Kier alpha value is -1.65. The number of nitrogens with two attached hydrogens (primary N) is 1. The molecule has 0 aromatic rings. The summed E-state index contributed by atoms with van der Waals surface area (Å²) in [6.07, 6.45) is 3.06. The van der Waals surface area contributed by atoms with Crippen molar-refractivity contribution in [3.63, 3.8) is 0 Å². The molecular formula is C7H11N3O2. The molecule has 0 atom stereocenters. The predicted octanol–water partition coefficient (Wildman–Crippen LogP) is -1.16. The van der Waals surface area contributed by atoms with Gasteiger partial charge in [0.05, 0.1) is 6.54 Å². The summed E-state index contributed by atoms with van der Waals surface area (Å²) in [5, 5.41) is 2.24. The van der Waals surface area contributed by atoms with Gasteiger partial charge in [-0.25, -0.2) is 0 Å². The van der Waals surface area contributed by atoms with E-state index in [2.05, 4.69) is 10.3 Å². The molecule has 0 spiro atoms. The van der Waals surface area contributed by atoms with Crippen LogP contribution >= 0.6 is 0 Å². The molecule has 0 aliphatic heterocycles. The summed E-state index contributed by atoms with van der Waals surface area (Å²) < 4.78 is 0. The van der Waals surface area contributed by atoms with Gasteiger partial charge in [-0.3, -0.25) is 14.6 Å². The van der Waals surface area contributed by atoms with Crippen LogP contribution in [0.4, 0.5) is 0 Å². The van der Waals surface area contributed by atoms with Gasteiger partial charge < -0.3 is 11.1 Å². The van der Waals surface area contributed by atoms with Gasteiger partial charge in [0.2, 0.25) is 6.41 Å². The Morgan fingerprint density at radius 3 is 2.75 bits per heavy atom. The van der Waals surface area contributed by atoms with Gasteiger partial charge in [-0.15, -0.1) is 0 Å². The number of Topliss-reactive ketones (excluding diaryl/α,β-unsaturated/α-hetero) is 1. The fourth-order valence-electron chi connectivity index (χ4n) is 0.608. The van der Waals surface area contributed by atoms with E-state index in [1.54, 1.807) is 0 Å². The standard InChI is InChI=1S/C7H11N3O2/c1-9-6(2-3-8)7(12)4-10-5-11/h2-3,5H,4,8H2,1H3,(H,10,11). The number of amides is 1. The molecule has 0 radical (unpaired) electrons. The Morgan fingerprint density at radius 2 is 2.33 bits per heavy atom. The Morgan fingerprint density at radius 1 is 1.67 bits per heavy atom. The van der Waals surface area contributed by atoms with Crippen molar-refractivity contribution in [3.05, 3.63) is 12.3 Å². The second kappa shape index (κ2) is 6.09. The van der Waals surface area contributed by atoms with Crippen molar-refractivity contribution in [2.45, 2.75) is 0 Å². The highest BCUT2D eigenvalue weighted by molar-refractivity contribution is 6.45. The molecule has 0 fully saturated rings. The number of nitrogens with zero attached hydrogens (tertiary/aromatic N) is 1. The molecule has 0 aromatic heterocycles. The first-order valence-electron chi connectivity index (χ1n) is 3.31. The van der Waals surface area contributed by atoms with Gasteiger partial charge in [0.25, 0.3) is 0 Å². The molecule has 0 rings (SSSR count). The largest absolute Gasteiger partial charge is 0.405 e. The van der Waals surface area contributed by atoms with Crippen molar-refractivity contribution >= 4 is 17.9 Å². The van der Waals surface area contributed by atoms with E-state index < -0.39 is 0 Å². The SMILES string of the molecule is CN=C(C=CN)C(=O)CNC=O. The van der Waals surface area contributed by atoms with Crippen LogP contribution in [0.3, 0.4) is 0 Å². The molecule has 3 N–H and O–H groups in total. The molecule has 0 saturated heterocycles. The van der Waals surface area contributed by atoms with Gasteiger partial charge in [-0.1, -0.05) is 0 Å². The number of nitrogens with one attached hydrogen (secondary N) is 1. The smallest absolute Gasteiger partial charge is 0.207 e. The zero-order chi connectivity index (χ0) is 9.40. The summed E-state index contributed by atoms with van der Waals surface area (Å²) in [6.45, 7) is -0.0550. The van der Waals surface area contributed by atoms with Crippen LogP contribution < -0.4 is 11.1 Å². The van der Waals surface area contributed by atoms with E-state index in [0.29, 0.717) is 6.41 Å². The van der Waals surface area contributed by atoms with Crippen LogP contribution in [-0.2, 0) is 9.59 Å². The summed E-state index contributed by atoms with van der Waals surface area (Å²) in [7, 11) is 1.48. The molecular weight excluding hydrogens is 158 g/mol. The average molecular weight is 169 g/mol. The molecule has 0 saturated carbocycles. The predicted molar refractivity (Wildman–Crippen MR) is 45.8 cm³/mol. The molecule has 0 heterocycles. The van der Waals surface area contributed by atoms with Crippen molar-refractivity contribution in [3.8, 4) is 0 Å².